The Kier molecular flexibility index (Phi) is 5.56. The van der Waals surface area contributed by atoms with Gasteiger partial charge in [0.25, 0.3) is 0 Å². The van der Waals surface area contributed by atoms with Gasteiger partial charge >= 0.3 is 0 Å². The van der Waals surface area contributed by atoms with E-state index in [0.29, 0.717) is 19.1 Å². The second-order valence-electron chi connectivity index (χ2n) is 5.51. The summed E-state index contributed by atoms with van der Waals surface area (Å²) in [6, 6.07) is 10.5. The Balaban J connectivity index is 1.86. The van der Waals surface area contributed by atoms with Crippen molar-refractivity contribution in [2.45, 2.75) is 32.4 Å². The lowest BCUT2D eigenvalue weighted by Gasteiger charge is -2.31. The van der Waals surface area contributed by atoms with E-state index in [1.165, 1.54) is 5.56 Å². The van der Waals surface area contributed by atoms with Crippen molar-refractivity contribution in [3.8, 4) is 0 Å². The molecule has 1 aliphatic rings. The first-order valence-electron chi connectivity index (χ1n) is 7.48. The van der Waals surface area contributed by atoms with E-state index >= 15 is 0 Å². The molecule has 0 spiro atoms. The number of carbonyl (C=O) groups excluding carboxylic acids is 1. The smallest absolute Gasteiger partial charge is 0.237 e. The first-order chi connectivity index (χ1) is 9.69. The van der Waals surface area contributed by atoms with E-state index in [4.69, 9.17) is 5.73 Å². The molecule has 1 fully saturated rings. The fourth-order valence-electron chi connectivity index (χ4n) is 2.58. The molecule has 1 aliphatic heterocycles. The lowest BCUT2D eigenvalue weighted by atomic mass is 10.1. The summed E-state index contributed by atoms with van der Waals surface area (Å²) in [6.45, 7) is 5.89. The molecule has 110 valence electrons. The van der Waals surface area contributed by atoms with Gasteiger partial charge < -0.3 is 10.6 Å². The summed E-state index contributed by atoms with van der Waals surface area (Å²) in [5.74, 6) is 0.215. The van der Waals surface area contributed by atoms with Gasteiger partial charge in [0, 0.05) is 32.2 Å². The standard InChI is InChI=1S/C16H25N3O/c1-2-19(12-14-6-4-3-5-7-14)16(20)13-18-10-8-15(17)9-11-18/h3-7,15H,2,8-13,17H2,1H3. The van der Waals surface area contributed by atoms with Gasteiger partial charge in [-0.05, 0) is 25.3 Å². The van der Waals surface area contributed by atoms with Crippen LogP contribution in [0.3, 0.4) is 0 Å². The van der Waals surface area contributed by atoms with Gasteiger partial charge in [-0.3, -0.25) is 9.69 Å². The van der Waals surface area contributed by atoms with Crippen molar-refractivity contribution in [3.05, 3.63) is 35.9 Å². The second-order valence-corrected chi connectivity index (χ2v) is 5.51. The van der Waals surface area contributed by atoms with Crippen LogP contribution in [0.1, 0.15) is 25.3 Å². The van der Waals surface area contributed by atoms with Crippen molar-refractivity contribution in [1.29, 1.82) is 0 Å². The van der Waals surface area contributed by atoms with Crippen LogP contribution in [0.5, 0.6) is 0 Å². The highest BCUT2D eigenvalue weighted by Crippen LogP contribution is 2.10. The maximum atomic E-state index is 12.4. The van der Waals surface area contributed by atoms with E-state index < -0.39 is 0 Å². The summed E-state index contributed by atoms with van der Waals surface area (Å²) in [5, 5.41) is 0. The average Bonchev–Trinajstić information content (AvgIpc) is 2.48. The number of nitrogens with zero attached hydrogens (tertiary/aromatic N) is 2. The molecule has 0 aliphatic carbocycles. The van der Waals surface area contributed by atoms with Gasteiger partial charge in [-0.15, -0.1) is 0 Å². The van der Waals surface area contributed by atoms with Gasteiger partial charge in [0.2, 0.25) is 5.91 Å². The lowest BCUT2D eigenvalue weighted by molar-refractivity contribution is -0.133. The minimum absolute atomic E-state index is 0.215. The average molecular weight is 275 g/mol. The number of benzene rings is 1. The predicted molar refractivity (Wildman–Crippen MR) is 81.2 cm³/mol. The zero-order valence-corrected chi connectivity index (χ0v) is 12.3. The van der Waals surface area contributed by atoms with Gasteiger partial charge in [-0.25, -0.2) is 0 Å². The lowest BCUT2D eigenvalue weighted by Crippen LogP contribution is -2.45. The summed E-state index contributed by atoms with van der Waals surface area (Å²) < 4.78 is 0. The van der Waals surface area contributed by atoms with Crippen LogP contribution >= 0.6 is 0 Å². The molecule has 2 rings (SSSR count). The van der Waals surface area contributed by atoms with E-state index in [9.17, 15) is 4.79 Å². The highest BCUT2D eigenvalue weighted by Gasteiger charge is 2.20. The van der Waals surface area contributed by atoms with Crippen LogP contribution in [-0.2, 0) is 11.3 Å². The normalized spacial score (nSPS) is 17.1. The fraction of sp³-hybridized carbons (Fsp3) is 0.562. The summed E-state index contributed by atoms with van der Waals surface area (Å²) in [7, 11) is 0. The Bertz CT molecular complexity index is 413. The quantitative estimate of drug-likeness (QED) is 0.885. The number of nitrogens with two attached hydrogens (primary N) is 1. The van der Waals surface area contributed by atoms with Gasteiger partial charge in [0.1, 0.15) is 0 Å². The number of carbonyl (C=O) groups is 1. The first kappa shape index (κ1) is 15.0. The Morgan fingerprint density at radius 2 is 1.95 bits per heavy atom. The number of hydrogen-bond donors (Lipinski definition) is 1. The van der Waals surface area contributed by atoms with Gasteiger partial charge in [-0.1, -0.05) is 30.3 Å². The molecule has 1 aromatic rings. The molecule has 0 atom stereocenters. The Labute approximate surface area is 121 Å². The monoisotopic (exact) mass is 275 g/mol. The molecule has 1 heterocycles. The molecule has 1 aromatic carbocycles. The van der Waals surface area contributed by atoms with Gasteiger partial charge in [0.15, 0.2) is 0 Å². The largest absolute Gasteiger partial charge is 0.338 e. The molecule has 0 unspecified atom stereocenters. The molecule has 0 radical (unpaired) electrons. The third-order valence-corrected chi connectivity index (χ3v) is 3.94. The second kappa shape index (κ2) is 7.41. The predicted octanol–water partition coefficient (Wildman–Crippen LogP) is 1.46. The Hall–Kier alpha value is -1.39. The molecule has 4 heteroatoms. The molecule has 4 nitrogen and oxygen atoms in total. The summed E-state index contributed by atoms with van der Waals surface area (Å²) in [5.41, 5.74) is 7.08. The third kappa shape index (κ3) is 4.32. The topological polar surface area (TPSA) is 49.6 Å². The zero-order valence-electron chi connectivity index (χ0n) is 12.3. The molecular weight excluding hydrogens is 250 g/mol. The molecule has 2 N–H and O–H groups in total. The van der Waals surface area contributed by atoms with Crippen LogP contribution in [0.2, 0.25) is 0 Å². The minimum atomic E-state index is 0.215. The number of hydrogen-bond acceptors (Lipinski definition) is 3. The first-order valence-corrected chi connectivity index (χ1v) is 7.48. The number of piperidine rings is 1. The Morgan fingerprint density at radius 3 is 2.55 bits per heavy atom. The van der Waals surface area contributed by atoms with E-state index in [1.54, 1.807) is 0 Å². The van der Waals surface area contributed by atoms with Crippen LogP contribution in [-0.4, -0.2) is 47.9 Å². The fourth-order valence-corrected chi connectivity index (χ4v) is 2.58. The summed E-state index contributed by atoms with van der Waals surface area (Å²) in [4.78, 5) is 16.5. The highest BCUT2D eigenvalue weighted by atomic mass is 16.2. The maximum Gasteiger partial charge on any atom is 0.237 e. The Morgan fingerprint density at radius 1 is 1.30 bits per heavy atom. The molecule has 1 saturated heterocycles. The third-order valence-electron chi connectivity index (χ3n) is 3.94. The van der Waals surface area contributed by atoms with Crippen LogP contribution < -0.4 is 5.73 Å². The molecule has 20 heavy (non-hydrogen) atoms. The van der Waals surface area contributed by atoms with Crippen molar-refractivity contribution in [2.24, 2.45) is 5.73 Å². The maximum absolute atomic E-state index is 12.4. The molecule has 0 aromatic heterocycles. The van der Waals surface area contributed by atoms with Gasteiger partial charge in [-0.2, -0.15) is 0 Å². The number of amides is 1. The molecule has 1 amide bonds. The minimum Gasteiger partial charge on any atom is -0.338 e. The van der Waals surface area contributed by atoms with E-state index in [0.717, 1.165) is 32.5 Å². The van der Waals surface area contributed by atoms with Crippen molar-refractivity contribution >= 4 is 5.91 Å². The number of rotatable bonds is 5. The summed E-state index contributed by atoms with van der Waals surface area (Å²) >= 11 is 0. The van der Waals surface area contributed by atoms with E-state index in [2.05, 4.69) is 17.0 Å². The number of likely N-dealkylation sites (N-methyl/N-ethyl adjacent to an activating group) is 1. The summed E-state index contributed by atoms with van der Waals surface area (Å²) in [6.07, 6.45) is 2.00. The molecule has 0 bridgehead atoms. The van der Waals surface area contributed by atoms with E-state index in [1.807, 2.05) is 30.0 Å². The van der Waals surface area contributed by atoms with Crippen molar-refractivity contribution < 1.29 is 4.79 Å². The van der Waals surface area contributed by atoms with E-state index in [-0.39, 0.29) is 5.91 Å². The zero-order chi connectivity index (χ0) is 14.4. The van der Waals surface area contributed by atoms with Crippen LogP contribution in [0.25, 0.3) is 0 Å². The van der Waals surface area contributed by atoms with Crippen LogP contribution in [0.4, 0.5) is 0 Å². The van der Waals surface area contributed by atoms with Crippen molar-refractivity contribution in [1.82, 2.24) is 9.80 Å². The molecule has 0 saturated carbocycles. The van der Waals surface area contributed by atoms with Crippen molar-refractivity contribution in [2.75, 3.05) is 26.2 Å². The van der Waals surface area contributed by atoms with Gasteiger partial charge in [0.05, 0.1) is 6.54 Å². The highest BCUT2D eigenvalue weighted by molar-refractivity contribution is 5.78. The van der Waals surface area contributed by atoms with Crippen LogP contribution in [0, 0.1) is 0 Å². The van der Waals surface area contributed by atoms with Crippen LogP contribution in [0.15, 0.2) is 30.3 Å². The molecular formula is C16H25N3O. The number of likely N-dealkylation sites (tertiary alicyclic amines) is 1. The SMILES string of the molecule is CCN(Cc1ccccc1)C(=O)CN1CCC(N)CC1. The van der Waals surface area contributed by atoms with Crippen molar-refractivity contribution in [3.63, 3.8) is 0 Å².